The molecule has 6 heteroatoms. The maximum atomic E-state index is 11.4. The number of hydrogen-bond donors (Lipinski definition) is 2. The molecule has 0 amide bonds. The van der Waals surface area contributed by atoms with E-state index in [4.69, 9.17) is 0 Å². The van der Waals surface area contributed by atoms with Gasteiger partial charge in [-0.15, -0.1) is 0 Å². The van der Waals surface area contributed by atoms with E-state index in [0.717, 1.165) is 12.2 Å². The minimum Gasteiger partial charge on any atom is -0.476 e. The van der Waals surface area contributed by atoms with Crippen molar-refractivity contribution >= 4 is 23.4 Å². The topological polar surface area (TPSA) is 75.1 Å². The fourth-order valence-electron chi connectivity index (χ4n) is 2.65. The molecule has 0 radical (unpaired) electrons. The summed E-state index contributed by atoms with van der Waals surface area (Å²) in [5.74, 6) is 0.771. The lowest BCUT2D eigenvalue weighted by Crippen LogP contribution is -2.27. The number of anilines is 1. The van der Waals surface area contributed by atoms with Crippen molar-refractivity contribution < 1.29 is 9.90 Å². The zero-order chi connectivity index (χ0) is 15.4. The largest absolute Gasteiger partial charge is 0.476 e. The Balaban J connectivity index is 2.21. The molecule has 1 fully saturated rings. The van der Waals surface area contributed by atoms with Crippen LogP contribution in [0.5, 0.6) is 0 Å². The highest BCUT2D eigenvalue weighted by molar-refractivity contribution is 7.99. The molecule has 1 aliphatic rings. The molecule has 2 rings (SSSR count). The summed E-state index contributed by atoms with van der Waals surface area (Å²) >= 11 is 1.94. The number of rotatable bonds is 6. The van der Waals surface area contributed by atoms with Gasteiger partial charge in [-0.05, 0) is 18.6 Å². The molecule has 1 saturated carbocycles. The molecule has 1 aromatic rings. The van der Waals surface area contributed by atoms with E-state index in [0.29, 0.717) is 22.8 Å². The Bertz CT molecular complexity index is 508. The normalized spacial score (nSPS) is 21.7. The van der Waals surface area contributed by atoms with Crippen molar-refractivity contribution in [1.82, 2.24) is 9.97 Å². The van der Waals surface area contributed by atoms with E-state index >= 15 is 0 Å². The lowest BCUT2D eigenvalue weighted by atomic mass is 10.2. The lowest BCUT2D eigenvalue weighted by Gasteiger charge is -2.22. The molecule has 1 aromatic heterocycles. The van der Waals surface area contributed by atoms with Crippen LogP contribution in [0.15, 0.2) is 6.20 Å². The second-order valence-corrected chi connectivity index (χ2v) is 7.14. The van der Waals surface area contributed by atoms with Crippen LogP contribution in [0.3, 0.4) is 0 Å². The minimum atomic E-state index is -1.00. The third kappa shape index (κ3) is 3.87. The average molecular weight is 309 g/mol. The predicted molar refractivity (Wildman–Crippen MR) is 86.3 cm³/mol. The summed E-state index contributed by atoms with van der Waals surface area (Å²) in [4.78, 5) is 19.9. The summed E-state index contributed by atoms with van der Waals surface area (Å²) < 4.78 is 0. The first kappa shape index (κ1) is 16.1. The number of aromatic nitrogens is 2. The zero-order valence-electron chi connectivity index (χ0n) is 12.8. The van der Waals surface area contributed by atoms with Crippen LogP contribution in [-0.4, -0.2) is 38.1 Å². The Hall–Kier alpha value is -1.30. The fourth-order valence-corrected chi connectivity index (χ4v) is 3.84. The van der Waals surface area contributed by atoms with Gasteiger partial charge in [0, 0.05) is 17.2 Å². The number of aromatic carboxylic acids is 1. The van der Waals surface area contributed by atoms with Gasteiger partial charge in [0.15, 0.2) is 5.69 Å². The van der Waals surface area contributed by atoms with Crippen molar-refractivity contribution in [3.05, 3.63) is 17.7 Å². The molecular weight excluding hydrogens is 286 g/mol. The summed E-state index contributed by atoms with van der Waals surface area (Å²) in [6.07, 6.45) is 5.06. The van der Waals surface area contributed by atoms with Crippen LogP contribution in [0, 0.1) is 0 Å². The number of carboxylic acid groups (broad SMARTS) is 1. The molecule has 2 unspecified atom stereocenters. The average Bonchev–Trinajstić information content (AvgIpc) is 2.86. The van der Waals surface area contributed by atoms with Crippen LogP contribution in [0.2, 0.25) is 0 Å². The van der Waals surface area contributed by atoms with Crippen LogP contribution in [0.1, 0.15) is 62.3 Å². The first-order valence-electron chi connectivity index (χ1n) is 7.51. The molecule has 0 aromatic carbocycles. The summed E-state index contributed by atoms with van der Waals surface area (Å²) in [5, 5.41) is 13.3. The van der Waals surface area contributed by atoms with Crippen molar-refractivity contribution in [2.24, 2.45) is 0 Å². The first-order valence-corrected chi connectivity index (χ1v) is 8.56. The highest BCUT2D eigenvalue weighted by Gasteiger charge is 2.28. The van der Waals surface area contributed by atoms with Gasteiger partial charge in [-0.2, -0.15) is 11.8 Å². The molecular formula is C15H23N3O2S. The van der Waals surface area contributed by atoms with Gasteiger partial charge in [0.2, 0.25) is 0 Å². The molecule has 21 heavy (non-hydrogen) atoms. The Morgan fingerprint density at radius 1 is 1.52 bits per heavy atom. The second-order valence-electron chi connectivity index (χ2n) is 5.63. The molecule has 2 N–H and O–H groups in total. The third-order valence-electron chi connectivity index (χ3n) is 3.70. The molecule has 0 bridgehead atoms. The summed E-state index contributed by atoms with van der Waals surface area (Å²) in [6.45, 7) is 6.07. The van der Waals surface area contributed by atoms with Gasteiger partial charge in [0.25, 0.3) is 0 Å². The van der Waals surface area contributed by atoms with Gasteiger partial charge in [0.05, 0.1) is 11.9 Å². The standard InChI is InChI=1S/C15H23N3O2S/c1-4-21-12-7-5-6-10(12)17-11-8-16-14(9(2)3)18-13(11)15(19)20/h8-10,12,17H,4-7H2,1-3H3,(H,19,20). The quantitative estimate of drug-likeness (QED) is 0.839. The molecule has 2 atom stereocenters. The Morgan fingerprint density at radius 3 is 2.90 bits per heavy atom. The SMILES string of the molecule is CCSC1CCCC1Nc1cnc(C(C)C)nc1C(=O)O. The van der Waals surface area contributed by atoms with Crippen LogP contribution >= 0.6 is 11.8 Å². The van der Waals surface area contributed by atoms with Crippen LogP contribution in [0.4, 0.5) is 5.69 Å². The maximum Gasteiger partial charge on any atom is 0.356 e. The molecule has 116 valence electrons. The van der Waals surface area contributed by atoms with E-state index in [1.165, 1.54) is 12.8 Å². The lowest BCUT2D eigenvalue weighted by molar-refractivity contribution is 0.0691. The third-order valence-corrected chi connectivity index (χ3v) is 5.03. The van der Waals surface area contributed by atoms with Gasteiger partial charge in [-0.25, -0.2) is 14.8 Å². The van der Waals surface area contributed by atoms with E-state index in [1.807, 2.05) is 25.6 Å². The van der Waals surface area contributed by atoms with Gasteiger partial charge >= 0.3 is 5.97 Å². The predicted octanol–water partition coefficient (Wildman–Crippen LogP) is 3.38. The molecule has 5 nitrogen and oxygen atoms in total. The van der Waals surface area contributed by atoms with Crippen LogP contribution in [-0.2, 0) is 0 Å². The smallest absolute Gasteiger partial charge is 0.356 e. The van der Waals surface area contributed by atoms with E-state index in [9.17, 15) is 9.90 Å². The fraction of sp³-hybridized carbons (Fsp3) is 0.667. The number of carboxylic acids is 1. The number of hydrogen-bond acceptors (Lipinski definition) is 5. The second kappa shape index (κ2) is 7.11. The Labute approximate surface area is 130 Å². The van der Waals surface area contributed by atoms with E-state index in [2.05, 4.69) is 22.2 Å². The zero-order valence-corrected chi connectivity index (χ0v) is 13.6. The van der Waals surface area contributed by atoms with Gasteiger partial charge < -0.3 is 10.4 Å². The van der Waals surface area contributed by atoms with Gasteiger partial charge in [-0.3, -0.25) is 0 Å². The van der Waals surface area contributed by atoms with E-state index < -0.39 is 5.97 Å². The van der Waals surface area contributed by atoms with Crippen molar-refractivity contribution in [2.75, 3.05) is 11.1 Å². The molecule has 1 aliphatic carbocycles. The van der Waals surface area contributed by atoms with Crippen LogP contribution < -0.4 is 5.32 Å². The van der Waals surface area contributed by atoms with Crippen molar-refractivity contribution in [2.45, 2.75) is 57.2 Å². The molecule has 0 aliphatic heterocycles. The number of nitrogens with one attached hydrogen (secondary N) is 1. The Kier molecular flexibility index (Phi) is 5.45. The summed E-state index contributed by atoms with van der Waals surface area (Å²) in [7, 11) is 0. The maximum absolute atomic E-state index is 11.4. The van der Waals surface area contributed by atoms with E-state index in [-0.39, 0.29) is 11.6 Å². The molecule has 1 heterocycles. The molecule has 0 saturated heterocycles. The summed E-state index contributed by atoms with van der Waals surface area (Å²) in [5.41, 5.74) is 0.626. The Morgan fingerprint density at radius 2 is 2.29 bits per heavy atom. The van der Waals surface area contributed by atoms with Crippen molar-refractivity contribution in [1.29, 1.82) is 0 Å². The monoisotopic (exact) mass is 309 g/mol. The molecule has 0 spiro atoms. The van der Waals surface area contributed by atoms with Gasteiger partial charge in [0.1, 0.15) is 5.82 Å². The van der Waals surface area contributed by atoms with E-state index in [1.54, 1.807) is 6.20 Å². The van der Waals surface area contributed by atoms with Crippen molar-refractivity contribution in [3.63, 3.8) is 0 Å². The number of thioether (sulfide) groups is 1. The highest BCUT2D eigenvalue weighted by atomic mass is 32.2. The van der Waals surface area contributed by atoms with Crippen LogP contribution in [0.25, 0.3) is 0 Å². The first-order chi connectivity index (χ1) is 10.0. The minimum absolute atomic E-state index is 0.0841. The number of carbonyl (C=O) groups is 1. The highest BCUT2D eigenvalue weighted by Crippen LogP contribution is 2.32. The van der Waals surface area contributed by atoms with Gasteiger partial charge in [-0.1, -0.05) is 27.2 Å². The summed E-state index contributed by atoms with van der Waals surface area (Å²) in [6, 6.07) is 0.307. The number of nitrogens with zero attached hydrogens (tertiary/aromatic N) is 2. The van der Waals surface area contributed by atoms with Crippen molar-refractivity contribution in [3.8, 4) is 0 Å².